The second kappa shape index (κ2) is 7.82. The molecule has 0 fully saturated rings. The zero-order valence-corrected chi connectivity index (χ0v) is 13.1. The maximum absolute atomic E-state index is 12.1. The molecule has 0 radical (unpaired) electrons. The summed E-state index contributed by atoms with van der Waals surface area (Å²) in [6, 6.07) is 0. The minimum atomic E-state index is -0.471. The Morgan fingerprint density at radius 2 is 1.95 bits per heavy atom. The van der Waals surface area contributed by atoms with Crippen molar-refractivity contribution >= 4 is 6.09 Å². The topological polar surface area (TPSA) is 29.5 Å². The second-order valence-electron chi connectivity index (χ2n) is 5.49. The van der Waals surface area contributed by atoms with Crippen LogP contribution in [0.4, 0.5) is 4.79 Å². The Bertz CT molecular complexity index is 373. The highest BCUT2D eigenvalue weighted by Crippen LogP contribution is 2.14. The van der Waals surface area contributed by atoms with Gasteiger partial charge in [0.15, 0.2) is 0 Å². The number of hydrogen-bond donors (Lipinski definition) is 0. The molecule has 0 aromatic rings. The lowest BCUT2D eigenvalue weighted by molar-refractivity contribution is 0.0278. The summed E-state index contributed by atoms with van der Waals surface area (Å²) in [5.41, 5.74) is 1.52. The normalized spacial score (nSPS) is 12.6. The van der Waals surface area contributed by atoms with Crippen molar-refractivity contribution in [2.45, 2.75) is 47.1 Å². The van der Waals surface area contributed by atoms with Crippen LogP contribution in [-0.2, 0) is 4.74 Å². The molecule has 3 heteroatoms. The average Bonchev–Trinajstić information content (AvgIpc) is 2.26. The van der Waals surface area contributed by atoms with Crippen molar-refractivity contribution in [2.75, 3.05) is 13.1 Å². The van der Waals surface area contributed by atoms with Crippen LogP contribution in [0.1, 0.15) is 41.5 Å². The van der Waals surface area contributed by atoms with Crippen LogP contribution in [0.15, 0.2) is 36.0 Å². The third-order valence-electron chi connectivity index (χ3n) is 2.43. The molecule has 0 rings (SSSR count). The van der Waals surface area contributed by atoms with Crippen LogP contribution in [0.2, 0.25) is 0 Å². The molecule has 1 amide bonds. The van der Waals surface area contributed by atoms with Crippen molar-refractivity contribution in [2.24, 2.45) is 0 Å². The van der Waals surface area contributed by atoms with Crippen molar-refractivity contribution in [3.05, 3.63) is 36.0 Å². The highest BCUT2D eigenvalue weighted by atomic mass is 16.6. The van der Waals surface area contributed by atoms with E-state index in [0.29, 0.717) is 13.1 Å². The lowest BCUT2D eigenvalue weighted by atomic mass is 10.1. The Labute approximate surface area is 117 Å². The summed E-state index contributed by atoms with van der Waals surface area (Å²) < 4.78 is 5.39. The van der Waals surface area contributed by atoms with E-state index in [1.54, 1.807) is 4.90 Å². The first-order valence-electron chi connectivity index (χ1n) is 6.67. The molecule has 19 heavy (non-hydrogen) atoms. The van der Waals surface area contributed by atoms with Gasteiger partial charge in [0.05, 0.1) is 0 Å². The maximum Gasteiger partial charge on any atom is 0.410 e. The highest BCUT2D eigenvalue weighted by molar-refractivity contribution is 5.68. The van der Waals surface area contributed by atoms with Crippen molar-refractivity contribution in [1.29, 1.82) is 0 Å². The Hall–Kier alpha value is -1.51. The van der Waals surface area contributed by atoms with Gasteiger partial charge in [0.1, 0.15) is 5.60 Å². The lowest BCUT2D eigenvalue weighted by Crippen LogP contribution is -2.37. The molecule has 0 spiro atoms. The predicted molar refractivity (Wildman–Crippen MR) is 81.2 cm³/mol. The molecule has 0 saturated carbocycles. The van der Waals surface area contributed by atoms with Crippen molar-refractivity contribution < 1.29 is 9.53 Å². The van der Waals surface area contributed by atoms with Gasteiger partial charge >= 0.3 is 6.09 Å². The smallest absolute Gasteiger partial charge is 0.410 e. The molecule has 108 valence electrons. The van der Waals surface area contributed by atoms with E-state index in [1.807, 2.05) is 59.8 Å². The zero-order valence-electron chi connectivity index (χ0n) is 13.1. The summed E-state index contributed by atoms with van der Waals surface area (Å²) in [4.78, 5) is 13.7. The van der Waals surface area contributed by atoms with Gasteiger partial charge in [-0.2, -0.15) is 0 Å². The third-order valence-corrected chi connectivity index (χ3v) is 2.43. The number of carbonyl (C=O) groups excluding carboxylic acids is 1. The van der Waals surface area contributed by atoms with E-state index >= 15 is 0 Å². The maximum atomic E-state index is 12.1. The van der Waals surface area contributed by atoms with Crippen LogP contribution >= 0.6 is 0 Å². The van der Waals surface area contributed by atoms with E-state index in [4.69, 9.17) is 4.74 Å². The predicted octanol–water partition coefficient (Wildman–Crippen LogP) is 4.32. The van der Waals surface area contributed by atoms with Gasteiger partial charge in [-0.15, -0.1) is 0 Å². The molecule has 0 N–H and O–H groups in total. The fourth-order valence-electron chi connectivity index (χ4n) is 1.38. The summed E-state index contributed by atoms with van der Waals surface area (Å²) in [6.45, 7) is 16.5. The largest absolute Gasteiger partial charge is 0.444 e. The number of hydrogen-bond acceptors (Lipinski definition) is 2. The monoisotopic (exact) mass is 265 g/mol. The van der Waals surface area contributed by atoms with E-state index in [9.17, 15) is 4.79 Å². The van der Waals surface area contributed by atoms with Crippen LogP contribution < -0.4 is 0 Å². The van der Waals surface area contributed by atoms with E-state index in [2.05, 4.69) is 6.58 Å². The van der Waals surface area contributed by atoms with E-state index in [0.717, 1.165) is 11.1 Å². The van der Waals surface area contributed by atoms with Gasteiger partial charge in [0, 0.05) is 13.1 Å². The molecule has 0 aromatic carbocycles. The van der Waals surface area contributed by atoms with Gasteiger partial charge < -0.3 is 9.64 Å². The zero-order chi connectivity index (χ0) is 15.1. The van der Waals surface area contributed by atoms with Crippen LogP contribution in [-0.4, -0.2) is 29.7 Å². The Balaban J connectivity index is 4.87. The number of amides is 1. The van der Waals surface area contributed by atoms with Crippen LogP contribution in [0, 0.1) is 0 Å². The summed E-state index contributed by atoms with van der Waals surface area (Å²) >= 11 is 0. The minimum Gasteiger partial charge on any atom is -0.444 e. The van der Waals surface area contributed by atoms with Gasteiger partial charge in [-0.1, -0.05) is 30.4 Å². The van der Waals surface area contributed by atoms with Gasteiger partial charge in [-0.3, -0.25) is 0 Å². The first-order chi connectivity index (χ1) is 8.71. The van der Waals surface area contributed by atoms with Crippen LogP contribution in [0.5, 0.6) is 0 Å². The SMILES string of the molecule is C=C(C)/C(=C\C=C/C)CN(CC)C(=O)OC(C)(C)C. The Morgan fingerprint density at radius 1 is 1.37 bits per heavy atom. The van der Waals surface area contributed by atoms with Crippen LogP contribution in [0.25, 0.3) is 0 Å². The first kappa shape index (κ1) is 17.5. The van der Waals surface area contributed by atoms with Crippen molar-refractivity contribution in [1.82, 2.24) is 4.90 Å². The number of allylic oxidation sites excluding steroid dienone is 3. The molecule has 0 atom stereocenters. The molecule has 0 aliphatic rings. The molecular formula is C16H27NO2. The van der Waals surface area contributed by atoms with Gasteiger partial charge in [0.25, 0.3) is 0 Å². The van der Waals surface area contributed by atoms with Crippen LogP contribution in [0.3, 0.4) is 0 Å². The molecule has 0 saturated heterocycles. The number of likely N-dealkylation sites (N-methyl/N-ethyl adjacent to an activating group) is 1. The number of rotatable bonds is 5. The van der Waals surface area contributed by atoms with Gasteiger partial charge in [0.2, 0.25) is 0 Å². The average molecular weight is 265 g/mol. The quantitative estimate of drug-likeness (QED) is 0.693. The Kier molecular flexibility index (Phi) is 7.20. The number of nitrogens with zero attached hydrogens (tertiary/aromatic N) is 1. The van der Waals surface area contributed by atoms with Crippen molar-refractivity contribution in [3.8, 4) is 0 Å². The highest BCUT2D eigenvalue weighted by Gasteiger charge is 2.21. The van der Waals surface area contributed by atoms with E-state index in [1.165, 1.54) is 0 Å². The molecule has 0 heterocycles. The molecular weight excluding hydrogens is 238 g/mol. The molecule has 0 bridgehead atoms. The summed E-state index contributed by atoms with van der Waals surface area (Å²) in [7, 11) is 0. The first-order valence-corrected chi connectivity index (χ1v) is 6.67. The Morgan fingerprint density at radius 3 is 2.32 bits per heavy atom. The molecule has 3 nitrogen and oxygen atoms in total. The fourth-order valence-corrected chi connectivity index (χ4v) is 1.38. The summed E-state index contributed by atoms with van der Waals surface area (Å²) in [5, 5.41) is 0. The minimum absolute atomic E-state index is 0.289. The lowest BCUT2D eigenvalue weighted by Gasteiger charge is -2.27. The second-order valence-corrected chi connectivity index (χ2v) is 5.49. The summed E-state index contributed by atoms with van der Waals surface area (Å²) in [5.74, 6) is 0. The fraction of sp³-hybridized carbons (Fsp3) is 0.562. The van der Waals surface area contributed by atoms with Crippen molar-refractivity contribution in [3.63, 3.8) is 0 Å². The number of carbonyl (C=O) groups is 1. The molecule has 0 unspecified atom stereocenters. The third kappa shape index (κ3) is 7.50. The van der Waals surface area contributed by atoms with E-state index < -0.39 is 5.60 Å². The molecule has 0 aromatic heterocycles. The number of ether oxygens (including phenoxy) is 1. The molecule has 0 aliphatic heterocycles. The van der Waals surface area contributed by atoms with E-state index in [-0.39, 0.29) is 6.09 Å². The van der Waals surface area contributed by atoms with Gasteiger partial charge in [-0.25, -0.2) is 4.79 Å². The van der Waals surface area contributed by atoms with Gasteiger partial charge in [-0.05, 0) is 47.1 Å². The summed E-state index contributed by atoms with van der Waals surface area (Å²) in [6.07, 6.45) is 5.59. The standard InChI is InChI=1S/C16H27NO2/c1-8-10-11-14(13(3)4)12-17(9-2)15(18)19-16(5,6)7/h8,10-11H,3,9,12H2,1-2,4-7H3/b10-8-,14-11-. The molecule has 0 aliphatic carbocycles.